The van der Waals surface area contributed by atoms with Gasteiger partial charge in [-0.3, -0.25) is 9.69 Å². The van der Waals surface area contributed by atoms with Gasteiger partial charge in [0.05, 0.1) is 27.4 Å². The SMILES string of the molecule is Cc1ccc2sc(N(Cc3ccccc3)C(=O)CCS(=O)(=O)c3ccc(F)cc3)nc2c1C. The van der Waals surface area contributed by atoms with Crippen LogP contribution in [0.3, 0.4) is 0 Å². The van der Waals surface area contributed by atoms with Crippen LogP contribution in [-0.2, 0) is 21.2 Å². The Bertz CT molecular complexity index is 1400. The van der Waals surface area contributed by atoms with Crippen LogP contribution in [0.4, 0.5) is 9.52 Å². The van der Waals surface area contributed by atoms with E-state index in [9.17, 15) is 17.6 Å². The number of benzene rings is 3. The minimum Gasteiger partial charge on any atom is -0.284 e. The van der Waals surface area contributed by atoms with Crippen molar-refractivity contribution in [3.63, 3.8) is 0 Å². The first kappa shape index (κ1) is 23.1. The molecule has 0 aliphatic rings. The zero-order valence-corrected chi connectivity index (χ0v) is 19.9. The number of amides is 1. The molecule has 0 N–H and O–H groups in total. The topological polar surface area (TPSA) is 67.3 Å². The Kier molecular flexibility index (Phi) is 6.58. The summed E-state index contributed by atoms with van der Waals surface area (Å²) in [5, 5.41) is 0.534. The largest absolute Gasteiger partial charge is 0.284 e. The molecule has 4 aromatic rings. The molecule has 0 radical (unpaired) electrons. The minimum atomic E-state index is -3.73. The van der Waals surface area contributed by atoms with Gasteiger partial charge in [0.25, 0.3) is 0 Å². The fraction of sp³-hybridized carbons (Fsp3) is 0.200. The molecule has 0 unspecified atom stereocenters. The van der Waals surface area contributed by atoms with Gasteiger partial charge in [0.1, 0.15) is 5.82 Å². The Balaban J connectivity index is 1.62. The molecule has 0 atom stereocenters. The van der Waals surface area contributed by atoms with Gasteiger partial charge >= 0.3 is 0 Å². The number of halogens is 1. The van der Waals surface area contributed by atoms with Crippen molar-refractivity contribution in [1.29, 1.82) is 0 Å². The number of nitrogens with zero attached hydrogens (tertiary/aromatic N) is 2. The highest BCUT2D eigenvalue weighted by atomic mass is 32.2. The van der Waals surface area contributed by atoms with E-state index >= 15 is 0 Å². The molecule has 33 heavy (non-hydrogen) atoms. The molecule has 4 rings (SSSR count). The summed E-state index contributed by atoms with van der Waals surface area (Å²) in [7, 11) is -3.73. The van der Waals surface area contributed by atoms with Gasteiger partial charge < -0.3 is 0 Å². The second-order valence-corrected chi connectivity index (χ2v) is 11.0. The normalized spacial score (nSPS) is 11.6. The fourth-order valence-corrected chi connectivity index (χ4v) is 5.75. The highest BCUT2D eigenvalue weighted by Crippen LogP contribution is 2.33. The van der Waals surface area contributed by atoms with Crippen LogP contribution in [0.15, 0.2) is 71.6 Å². The van der Waals surface area contributed by atoms with E-state index in [0.29, 0.717) is 5.13 Å². The number of hydrogen-bond donors (Lipinski definition) is 0. The van der Waals surface area contributed by atoms with Crippen molar-refractivity contribution in [3.8, 4) is 0 Å². The van der Waals surface area contributed by atoms with E-state index in [0.717, 1.165) is 39.0 Å². The first-order chi connectivity index (χ1) is 15.7. The summed E-state index contributed by atoms with van der Waals surface area (Å²) >= 11 is 1.41. The van der Waals surface area contributed by atoms with Crippen LogP contribution in [0, 0.1) is 19.7 Å². The average Bonchev–Trinajstić information content (AvgIpc) is 3.24. The third-order valence-electron chi connectivity index (χ3n) is 5.55. The van der Waals surface area contributed by atoms with E-state index in [1.165, 1.54) is 23.5 Å². The molecule has 1 aromatic heterocycles. The van der Waals surface area contributed by atoms with Crippen LogP contribution in [0.2, 0.25) is 0 Å². The van der Waals surface area contributed by atoms with Crippen molar-refractivity contribution in [3.05, 3.63) is 89.2 Å². The predicted octanol–water partition coefficient (Wildman–Crippen LogP) is 5.45. The van der Waals surface area contributed by atoms with Gasteiger partial charge in [-0.15, -0.1) is 0 Å². The number of hydrogen-bond acceptors (Lipinski definition) is 5. The summed E-state index contributed by atoms with van der Waals surface area (Å²) < 4.78 is 39.5. The predicted molar refractivity (Wildman–Crippen MR) is 130 cm³/mol. The number of aromatic nitrogens is 1. The Morgan fingerprint density at radius 3 is 2.39 bits per heavy atom. The molecule has 0 saturated heterocycles. The van der Waals surface area contributed by atoms with Crippen LogP contribution in [0.1, 0.15) is 23.1 Å². The molecular weight excluding hydrogens is 459 g/mol. The molecule has 0 saturated carbocycles. The summed E-state index contributed by atoms with van der Waals surface area (Å²) in [4.78, 5) is 19.6. The molecule has 8 heteroatoms. The van der Waals surface area contributed by atoms with Gasteiger partial charge in [-0.2, -0.15) is 0 Å². The quantitative estimate of drug-likeness (QED) is 0.329. The standard InChI is InChI=1S/C25H23FN2O3S2/c1-17-8-13-22-24(18(17)2)27-25(32-22)28(16-19-6-4-3-5-7-19)23(29)14-15-33(30,31)21-11-9-20(26)10-12-21/h3-13H,14-16H2,1-2H3. The lowest BCUT2D eigenvalue weighted by Crippen LogP contribution is -2.31. The van der Waals surface area contributed by atoms with E-state index in [4.69, 9.17) is 4.98 Å². The number of sulfone groups is 1. The van der Waals surface area contributed by atoms with Crippen molar-refractivity contribution in [2.75, 3.05) is 10.7 Å². The van der Waals surface area contributed by atoms with Crippen LogP contribution in [0.25, 0.3) is 10.2 Å². The number of anilines is 1. The maximum atomic E-state index is 13.3. The second kappa shape index (κ2) is 9.41. The van der Waals surface area contributed by atoms with E-state index in [2.05, 4.69) is 0 Å². The lowest BCUT2D eigenvalue weighted by molar-refractivity contribution is -0.118. The summed E-state index contributed by atoms with van der Waals surface area (Å²) in [5.41, 5.74) is 3.94. The van der Waals surface area contributed by atoms with Crippen LogP contribution >= 0.6 is 11.3 Å². The monoisotopic (exact) mass is 482 g/mol. The minimum absolute atomic E-state index is 0.00241. The number of carbonyl (C=O) groups excluding carboxylic acids is 1. The van der Waals surface area contributed by atoms with Gasteiger partial charge in [-0.25, -0.2) is 17.8 Å². The van der Waals surface area contributed by atoms with Crippen molar-refractivity contribution < 1.29 is 17.6 Å². The van der Waals surface area contributed by atoms with E-state index in [1.54, 1.807) is 4.90 Å². The van der Waals surface area contributed by atoms with E-state index < -0.39 is 15.7 Å². The highest BCUT2D eigenvalue weighted by Gasteiger charge is 2.24. The van der Waals surface area contributed by atoms with Gasteiger partial charge in [-0.05, 0) is 60.9 Å². The number of rotatable bonds is 7. The maximum absolute atomic E-state index is 13.3. The molecular formula is C25H23FN2O3S2. The van der Waals surface area contributed by atoms with Gasteiger partial charge in [-0.1, -0.05) is 47.7 Å². The summed E-state index contributed by atoms with van der Waals surface area (Å²) in [5.74, 6) is -1.22. The molecule has 5 nitrogen and oxygen atoms in total. The molecule has 0 aliphatic heterocycles. The van der Waals surface area contributed by atoms with Crippen molar-refractivity contribution >= 4 is 42.4 Å². The molecule has 170 valence electrons. The first-order valence-corrected chi connectivity index (χ1v) is 12.9. The summed E-state index contributed by atoms with van der Waals surface area (Å²) in [6.07, 6.45) is -0.208. The molecule has 0 aliphatic carbocycles. The zero-order chi connectivity index (χ0) is 23.6. The van der Waals surface area contributed by atoms with Crippen LogP contribution in [0.5, 0.6) is 0 Å². The lowest BCUT2D eigenvalue weighted by Gasteiger charge is -2.20. The number of aryl methyl sites for hydroxylation is 2. The van der Waals surface area contributed by atoms with Crippen molar-refractivity contribution in [1.82, 2.24) is 4.98 Å². The van der Waals surface area contributed by atoms with Gasteiger partial charge in [0.2, 0.25) is 5.91 Å². The maximum Gasteiger partial charge on any atom is 0.230 e. The smallest absolute Gasteiger partial charge is 0.230 e. The molecule has 0 bridgehead atoms. The second-order valence-electron chi connectivity index (χ2n) is 7.84. The van der Waals surface area contributed by atoms with Crippen LogP contribution < -0.4 is 4.90 Å². The molecule has 1 heterocycles. The first-order valence-electron chi connectivity index (χ1n) is 10.4. The summed E-state index contributed by atoms with van der Waals surface area (Å²) in [6, 6.07) is 18.2. The zero-order valence-electron chi connectivity index (χ0n) is 18.3. The lowest BCUT2D eigenvalue weighted by atomic mass is 10.1. The number of thiazole rings is 1. The van der Waals surface area contributed by atoms with E-state index in [-0.39, 0.29) is 29.5 Å². The molecule has 3 aromatic carbocycles. The number of fused-ring (bicyclic) bond motifs is 1. The Morgan fingerprint density at radius 1 is 1.00 bits per heavy atom. The fourth-order valence-electron chi connectivity index (χ4n) is 3.47. The van der Waals surface area contributed by atoms with Crippen molar-refractivity contribution in [2.45, 2.75) is 31.7 Å². The van der Waals surface area contributed by atoms with Gasteiger partial charge in [0.15, 0.2) is 15.0 Å². The van der Waals surface area contributed by atoms with E-state index in [1.807, 2.05) is 56.3 Å². The Labute approximate surface area is 196 Å². The Hall–Kier alpha value is -3.10. The highest BCUT2D eigenvalue weighted by molar-refractivity contribution is 7.91. The third-order valence-corrected chi connectivity index (χ3v) is 8.32. The third kappa shape index (κ3) is 5.12. The molecule has 1 amide bonds. The molecule has 0 spiro atoms. The van der Waals surface area contributed by atoms with Crippen molar-refractivity contribution in [2.24, 2.45) is 0 Å². The Morgan fingerprint density at radius 2 is 1.70 bits per heavy atom. The summed E-state index contributed by atoms with van der Waals surface area (Å²) in [6.45, 7) is 4.30. The number of carbonyl (C=O) groups is 1. The van der Waals surface area contributed by atoms with Gasteiger partial charge in [0, 0.05) is 6.42 Å². The molecule has 0 fully saturated rings. The van der Waals surface area contributed by atoms with Crippen LogP contribution in [-0.4, -0.2) is 25.1 Å². The average molecular weight is 483 g/mol.